The van der Waals surface area contributed by atoms with Crippen molar-refractivity contribution in [2.24, 2.45) is 5.92 Å². The van der Waals surface area contributed by atoms with Crippen molar-refractivity contribution in [1.82, 2.24) is 9.21 Å². The van der Waals surface area contributed by atoms with Crippen LogP contribution in [-0.4, -0.2) is 62.4 Å². The molecule has 0 bridgehead atoms. The summed E-state index contributed by atoms with van der Waals surface area (Å²) in [5.74, 6) is -0.186. The number of sulfonamides is 1. The van der Waals surface area contributed by atoms with Gasteiger partial charge in [0.25, 0.3) is 10.0 Å². The highest BCUT2D eigenvalue weighted by molar-refractivity contribution is 9.11. The van der Waals surface area contributed by atoms with Gasteiger partial charge in [0.15, 0.2) is 0 Å². The van der Waals surface area contributed by atoms with Crippen LogP contribution < -0.4 is 0 Å². The maximum absolute atomic E-state index is 13.0. The van der Waals surface area contributed by atoms with Crippen LogP contribution in [0.1, 0.15) is 39.0 Å². The number of amides is 1. The molecule has 27 heavy (non-hydrogen) atoms. The second kappa shape index (κ2) is 9.35. The fourth-order valence-corrected chi connectivity index (χ4v) is 7.43. The predicted molar refractivity (Wildman–Crippen MR) is 109 cm³/mol. The molecule has 2 fully saturated rings. The molecule has 0 saturated carbocycles. The van der Waals surface area contributed by atoms with Crippen molar-refractivity contribution in [3.05, 3.63) is 15.9 Å². The van der Waals surface area contributed by atoms with E-state index in [-0.39, 0.29) is 24.5 Å². The lowest BCUT2D eigenvalue weighted by Crippen LogP contribution is -2.50. The molecule has 2 unspecified atom stereocenters. The molecule has 1 amide bonds. The van der Waals surface area contributed by atoms with Gasteiger partial charge in [-0.25, -0.2) is 8.42 Å². The molecule has 1 aromatic rings. The van der Waals surface area contributed by atoms with E-state index >= 15 is 0 Å². The number of rotatable bonds is 6. The van der Waals surface area contributed by atoms with Crippen molar-refractivity contribution in [3.8, 4) is 0 Å². The molecule has 152 valence electrons. The number of thiophene rings is 1. The second-order valence-electron chi connectivity index (χ2n) is 7.18. The van der Waals surface area contributed by atoms with Gasteiger partial charge in [-0.05, 0) is 60.2 Å². The Morgan fingerprint density at radius 3 is 2.74 bits per heavy atom. The summed E-state index contributed by atoms with van der Waals surface area (Å²) in [6.45, 7) is 4.91. The fourth-order valence-electron chi connectivity index (χ4n) is 3.74. The Balaban J connectivity index is 1.64. The summed E-state index contributed by atoms with van der Waals surface area (Å²) in [4.78, 5) is 14.9. The average molecular weight is 479 g/mol. The molecule has 2 aliphatic rings. The number of halogens is 1. The second-order valence-corrected chi connectivity index (χ2v) is 11.8. The zero-order chi connectivity index (χ0) is 19.4. The number of likely N-dealkylation sites (tertiary alicyclic amines) is 1. The van der Waals surface area contributed by atoms with Crippen LogP contribution in [-0.2, 0) is 19.6 Å². The van der Waals surface area contributed by atoms with Crippen LogP contribution in [0.15, 0.2) is 20.1 Å². The van der Waals surface area contributed by atoms with Crippen LogP contribution in [0.3, 0.4) is 0 Å². The Bertz CT molecular complexity index is 752. The number of nitrogens with zero attached hydrogens (tertiary/aromatic N) is 2. The highest BCUT2D eigenvalue weighted by Gasteiger charge is 2.36. The Kier molecular flexibility index (Phi) is 7.35. The molecule has 3 rings (SSSR count). The summed E-state index contributed by atoms with van der Waals surface area (Å²) in [7, 11) is -3.53. The van der Waals surface area contributed by atoms with Crippen molar-refractivity contribution in [3.63, 3.8) is 0 Å². The Morgan fingerprint density at radius 2 is 2.04 bits per heavy atom. The average Bonchev–Trinajstić information content (AvgIpc) is 3.13. The quantitative estimate of drug-likeness (QED) is 0.628. The summed E-state index contributed by atoms with van der Waals surface area (Å²) in [5.41, 5.74) is 0. The van der Waals surface area contributed by atoms with Crippen LogP contribution in [0, 0.1) is 5.92 Å². The van der Waals surface area contributed by atoms with E-state index in [1.807, 2.05) is 4.90 Å². The molecule has 0 N–H and O–H groups in total. The maximum Gasteiger partial charge on any atom is 0.252 e. The Morgan fingerprint density at radius 1 is 1.26 bits per heavy atom. The van der Waals surface area contributed by atoms with Gasteiger partial charge in [0.1, 0.15) is 4.21 Å². The molecular weight excluding hydrogens is 452 g/mol. The highest BCUT2D eigenvalue weighted by Crippen LogP contribution is 2.31. The fraction of sp³-hybridized carbons (Fsp3) is 0.722. The maximum atomic E-state index is 13.0. The molecule has 0 spiro atoms. The zero-order valence-electron chi connectivity index (χ0n) is 15.6. The number of hydrogen-bond acceptors (Lipinski definition) is 5. The van der Waals surface area contributed by atoms with Gasteiger partial charge in [-0.1, -0.05) is 6.92 Å². The third-order valence-electron chi connectivity index (χ3n) is 5.12. The van der Waals surface area contributed by atoms with Crippen LogP contribution in [0.2, 0.25) is 0 Å². The first-order valence-electron chi connectivity index (χ1n) is 9.57. The van der Waals surface area contributed by atoms with Crippen LogP contribution in [0.25, 0.3) is 0 Å². The summed E-state index contributed by atoms with van der Waals surface area (Å²) >= 11 is 4.53. The van der Waals surface area contributed by atoms with Gasteiger partial charge in [-0.15, -0.1) is 11.3 Å². The van der Waals surface area contributed by atoms with Crippen LogP contribution in [0.5, 0.6) is 0 Å². The van der Waals surface area contributed by atoms with Crippen molar-refractivity contribution in [1.29, 1.82) is 0 Å². The molecule has 3 heterocycles. The predicted octanol–water partition coefficient (Wildman–Crippen LogP) is 3.33. The van der Waals surface area contributed by atoms with E-state index in [0.29, 0.717) is 23.7 Å². The highest BCUT2D eigenvalue weighted by atomic mass is 79.9. The number of hydrogen-bond donors (Lipinski definition) is 0. The normalized spacial score (nSPS) is 24.9. The van der Waals surface area contributed by atoms with Gasteiger partial charge in [-0.3, -0.25) is 4.79 Å². The first kappa shape index (κ1) is 21.2. The zero-order valence-corrected chi connectivity index (χ0v) is 18.8. The molecule has 0 aromatic carbocycles. The molecule has 2 saturated heterocycles. The SMILES string of the molecule is CCCOC1CCCN(C(=O)C2CCCN(S(=O)(=O)c3ccc(Br)s3)C2)C1. The van der Waals surface area contributed by atoms with E-state index in [1.54, 1.807) is 12.1 Å². The smallest absolute Gasteiger partial charge is 0.252 e. The molecule has 2 atom stereocenters. The largest absolute Gasteiger partial charge is 0.376 e. The minimum absolute atomic E-state index is 0.0760. The minimum atomic E-state index is -3.53. The first-order chi connectivity index (χ1) is 12.9. The van der Waals surface area contributed by atoms with Gasteiger partial charge in [0.05, 0.1) is 15.8 Å². The molecular formula is C18H27BrN2O4S2. The molecule has 0 aliphatic carbocycles. The number of carbonyl (C=O) groups excluding carboxylic acids is 1. The Hall–Kier alpha value is -0.480. The van der Waals surface area contributed by atoms with E-state index in [0.717, 1.165) is 42.6 Å². The number of ether oxygens (including phenoxy) is 1. The third kappa shape index (κ3) is 5.12. The number of carbonyl (C=O) groups is 1. The molecule has 2 aliphatic heterocycles. The van der Waals surface area contributed by atoms with Gasteiger partial charge in [0, 0.05) is 32.8 Å². The van der Waals surface area contributed by atoms with E-state index in [4.69, 9.17) is 4.74 Å². The standard InChI is InChI=1S/C18H27BrN2O4S2/c1-2-11-25-15-6-4-9-20(13-15)18(22)14-5-3-10-21(12-14)27(23,24)17-8-7-16(19)26-17/h7-8,14-15H,2-6,9-13H2,1H3. The third-order valence-corrected chi connectivity index (χ3v) is 9.08. The van der Waals surface area contributed by atoms with E-state index in [1.165, 1.54) is 15.6 Å². The van der Waals surface area contributed by atoms with E-state index in [9.17, 15) is 13.2 Å². The van der Waals surface area contributed by atoms with Crippen molar-refractivity contribution in [2.45, 2.75) is 49.3 Å². The number of piperidine rings is 2. The molecule has 6 nitrogen and oxygen atoms in total. The summed E-state index contributed by atoms with van der Waals surface area (Å²) < 4.78 is 34.2. The van der Waals surface area contributed by atoms with E-state index < -0.39 is 10.0 Å². The van der Waals surface area contributed by atoms with Crippen LogP contribution in [0.4, 0.5) is 0 Å². The van der Waals surface area contributed by atoms with Crippen molar-refractivity contribution < 1.29 is 17.9 Å². The molecule has 9 heteroatoms. The monoisotopic (exact) mass is 478 g/mol. The summed E-state index contributed by atoms with van der Waals surface area (Å²) in [6.07, 6.45) is 4.47. The van der Waals surface area contributed by atoms with Crippen LogP contribution >= 0.6 is 27.3 Å². The summed E-state index contributed by atoms with van der Waals surface area (Å²) in [5, 5.41) is 0. The van der Waals surface area contributed by atoms with Crippen molar-refractivity contribution in [2.75, 3.05) is 32.8 Å². The topological polar surface area (TPSA) is 66.9 Å². The van der Waals surface area contributed by atoms with E-state index in [2.05, 4.69) is 22.9 Å². The molecule has 1 aromatic heterocycles. The van der Waals surface area contributed by atoms with Crippen molar-refractivity contribution >= 4 is 43.2 Å². The van der Waals surface area contributed by atoms with Gasteiger partial charge in [0.2, 0.25) is 5.91 Å². The van der Waals surface area contributed by atoms with Gasteiger partial charge >= 0.3 is 0 Å². The lowest BCUT2D eigenvalue weighted by Gasteiger charge is -2.37. The lowest BCUT2D eigenvalue weighted by molar-refractivity contribution is -0.140. The first-order valence-corrected chi connectivity index (χ1v) is 12.6. The van der Waals surface area contributed by atoms with Gasteiger partial charge < -0.3 is 9.64 Å². The lowest BCUT2D eigenvalue weighted by atomic mass is 9.96. The van der Waals surface area contributed by atoms with Gasteiger partial charge in [-0.2, -0.15) is 4.31 Å². The Labute approximate surface area is 174 Å². The molecule has 0 radical (unpaired) electrons. The minimum Gasteiger partial charge on any atom is -0.376 e. The summed E-state index contributed by atoms with van der Waals surface area (Å²) in [6, 6.07) is 3.37.